The van der Waals surface area contributed by atoms with E-state index in [0.717, 1.165) is 5.56 Å². The lowest BCUT2D eigenvalue weighted by atomic mass is 10.1. The fourth-order valence-corrected chi connectivity index (χ4v) is 2.41. The predicted molar refractivity (Wildman–Crippen MR) is 84.2 cm³/mol. The summed E-state index contributed by atoms with van der Waals surface area (Å²) in [5, 5.41) is 2.36. The second kappa shape index (κ2) is 9.09. The molecule has 0 aromatic heterocycles. The molecule has 1 amide bonds. The maximum atomic E-state index is 11.5. The Balaban J connectivity index is 2.53. The maximum Gasteiger partial charge on any atom is 0.316 e. The van der Waals surface area contributed by atoms with E-state index in [0.29, 0.717) is 17.1 Å². The molecule has 0 heterocycles. The van der Waals surface area contributed by atoms with Crippen molar-refractivity contribution in [1.29, 1.82) is 0 Å². The summed E-state index contributed by atoms with van der Waals surface area (Å²) in [6, 6.07) is 5.19. The number of hydrogen-bond acceptors (Lipinski definition) is 6. The van der Waals surface area contributed by atoms with Gasteiger partial charge < -0.3 is 14.8 Å². The normalized spacial score (nSPS) is 9.95. The van der Waals surface area contributed by atoms with E-state index in [9.17, 15) is 14.4 Å². The third-order valence-corrected chi connectivity index (χ3v) is 3.76. The molecule has 0 bridgehead atoms. The number of carbonyl (C=O) groups excluding carboxylic acids is 3. The number of ether oxygens (including phenoxy) is 2. The summed E-state index contributed by atoms with van der Waals surface area (Å²) in [5.41, 5.74) is 1.43. The van der Waals surface area contributed by atoms with Crippen LogP contribution in [0.2, 0.25) is 0 Å². The van der Waals surface area contributed by atoms with Crippen LogP contribution >= 0.6 is 11.8 Å². The van der Waals surface area contributed by atoms with E-state index in [1.165, 1.54) is 25.7 Å². The minimum atomic E-state index is -0.463. The molecule has 1 rings (SSSR count). The van der Waals surface area contributed by atoms with E-state index in [4.69, 9.17) is 9.47 Å². The fraction of sp³-hybridized carbons (Fsp3) is 0.400. The van der Waals surface area contributed by atoms with Crippen molar-refractivity contribution >= 4 is 29.4 Å². The van der Waals surface area contributed by atoms with E-state index < -0.39 is 5.97 Å². The molecule has 0 radical (unpaired) electrons. The molecule has 0 aliphatic rings. The van der Waals surface area contributed by atoms with Crippen LogP contribution in [0.15, 0.2) is 18.2 Å². The molecular formula is C15H19NO5S. The highest BCUT2D eigenvalue weighted by Gasteiger charge is 2.10. The summed E-state index contributed by atoms with van der Waals surface area (Å²) >= 11 is 1.33. The fourth-order valence-electron chi connectivity index (χ4n) is 1.61. The van der Waals surface area contributed by atoms with Gasteiger partial charge in [-0.15, -0.1) is 11.8 Å². The van der Waals surface area contributed by atoms with Crippen molar-refractivity contribution in [3.05, 3.63) is 29.3 Å². The predicted octanol–water partition coefficient (Wildman–Crippen LogP) is 1.42. The smallest absolute Gasteiger partial charge is 0.316 e. The van der Waals surface area contributed by atoms with Gasteiger partial charge in [0.2, 0.25) is 0 Å². The van der Waals surface area contributed by atoms with Crippen molar-refractivity contribution in [2.45, 2.75) is 12.7 Å². The van der Waals surface area contributed by atoms with Crippen molar-refractivity contribution < 1.29 is 23.9 Å². The number of nitrogens with one attached hydrogen (secondary N) is 1. The van der Waals surface area contributed by atoms with Gasteiger partial charge >= 0.3 is 5.97 Å². The first kappa shape index (κ1) is 18.0. The summed E-state index contributed by atoms with van der Waals surface area (Å²) in [4.78, 5) is 33.8. The van der Waals surface area contributed by atoms with Gasteiger partial charge in [-0.25, -0.2) is 0 Å². The van der Waals surface area contributed by atoms with Gasteiger partial charge in [-0.1, -0.05) is 0 Å². The Morgan fingerprint density at radius 1 is 1.27 bits per heavy atom. The van der Waals surface area contributed by atoms with Gasteiger partial charge in [-0.05, 0) is 25.1 Å². The number of benzene rings is 1. The molecule has 6 nitrogen and oxygen atoms in total. The first-order chi connectivity index (χ1) is 10.5. The summed E-state index contributed by atoms with van der Waals surface area (Å²) in [6.45, 7) is 1.22. The highest BCUT2D eigenvalue weighted by molar-refractivity contribution is 7.99. The van der Waals surface area contributed by atoms with Crippen LogP contribution < -0.4 is 10.1 Å². The van der Waals surface area contributed by atoms with E-state index >= 15 is 0 Å². The average Bonchev–Trinajstić information content (AvgIpc) is 2.52. The highest BCUT2D eigenvalue weighted by Crippen LogP contribution is 2.24. The maximum absolute atomic E-state index is 11.5. The number of hydrogen-bond donors (Lipinski definition) is 1. The number of rotatable bonds is 8. The van der Waals surface area contributed by atoms with Crippen LogP contribution in [0.25, 0.3) is 0 Å². The highest BCUT2D eigenvalue weighted by atomic mass is 32.2. The van der Waals surface area contributed by atoms with Crippen LogP contribution in [-0.4, -0.2) is 44.2 Å². The first-order valence-corrected chi connectivity index (χ1v) is 7.75. The van der Waals surface area contributed by atoms with Crippen LogP contribution in [0.4, 0.5) is 0 Å². The van der Waals surface area contributed by atoms with Gasteiger partial charge in [-0.3, -0.25) is 14.4 Å². The monoisotopic (exact) mass is 325 g/mol. The van der Waals surface area contributed by atoms with Crippen LogP contribution in [0.3, 0.4) is 0 Å². The number of carbonyl (C=O) groups is 3. The van der Waals surface area contributed by atoms with E-state index in [-0.39, 0.29) is 24.1 Å². The van der Waals surface area contributed by atoms with Gasteiger partial charge in [0.1, 0.15) is 5.75 Å². The van der Waals surface area contributed by atoms with Crippen LogP contribution in [0.5, 0.6) is 5.75 Å². The van der Waals surface area contributed by atoms with Crippen LogP contribution in [0, 0.1) is 0 Å². The second-order valence-corrected chi connectivity index (χ2v) is 5.40. The zero-order valence-corrected chi connectivity index (χ0v) is 13.6. The molecule has 0 atom stereocenters. The quantitative estimate of drug-likeness (QED) is 0.575. The topological polar surface area (TPSA) is 81.7 Å². The zero-order valence-electron chi connectivity index (χ0n) is 12.8. The molecule has 7 heteroatoms. The molecule has 1 N–H and O–H groups in total. The van der Waals surface area contributed by atoms with Gasteiger partial charge in [-0.2, -0.15) is 0 Å². The van der Waals surface area contributed by atoms with E-state index in [2.05, 4.69) is 5.32 Å². The lowest BCUT2D eigenvalue weighted by Crippen LogP contribution is -2.25. The Bertz CT molecular complexity index is 559. The van der Waals surface area contributed by atoms with Crippen LogP contribution in [-0.2, 0) is 20.1 Å². The number of esters is 1. The van der Waals surface area contributed by atoms with Gasteiger partial charge in [0.05, 0.1) is 12.9 Å². The van der Waals surface area contributed by atoms with Crippen molar-refractivity contribution in [1.82, 2.24) is 5.32 Å². The van der Waals surface area contributed by atoms with Gasteiger partial charge in [0, 0.05) is 23.9 Å². The van der Waals surface area contributed by atoms with Crippen LogP contribution in [0.1, 0.15) is 22.8 Å². The summed E-state index contributed by atoms with van der Waals surface area (Å²) in [7, 11) is 3.02. The van der Waals surface area contributed by atoms with Crippen molar-refractivity contribution in [2.75, 3.05) is 26.5 Å². The molecule has 0 saturated carbocycles. The number of methoxy groups -OCH3 is 1. The Morgan fingerprint density at radius 2 is 2.00 bits per heavy atom. The van der Waals surface area contributed by atoms with Crippen molar-refractivity contribution in [3.63, 3.8) is 0 Å². The van der Waals surface area contributed by atoms with E-state index in [1.807, 2.05) is 0 Å². The minimum absolute atomic E-state index is 0.0288. The number of ketones is 1. The Hall–Kier alpha value is -2.02. The zero-order chi connectivity index (χ0) is 16.5. The Kier molecular flexibility index (Phi) is 7.45. The summed E-state index contributed by atoms with van der Waals surface area (Å²) in [6.07, 6.45) is 0. The van der Waals surface area contributed by atoms with Crippen molar-refractivity contribution in [3.8, 4) is 5.75 Å². The summed E-state index contributed by atoms with van der Waals surface area (Å²) in [5.74, 6) is 0.434. The largest absolute Gasteiger partial charge is 0.496 e. The van der Waals surface area contributed by atoms with Gasteiger partial charge in [0.15, 0.2) is 12.4 Å². The molecule has 22 heavy (non-hydrogen) atoms. The second-order valence-electron chi connectivity index (χ2n) is 4.41. The number of likely N-dealkylation sites (N-methyl/N-ethyl adjacent to an activating group) is 1. The lowest BCUT2D eigenvalue weighted by molar-refractivity contribution is -0.145. The molecule has 0 spiro atoms. The molecule has 0 saturated heterocycles. The lowest BCUT2D eigenvalue weighted by Gasteiger charge is -2.09. The molecule has 0 aliphatic carbocycles. The number of amides is 1. The third kappa shape index (κ3) is 5.77. The molecule has 1 aromatic carbocycles. The molecular weight excluding hydrogens is 306 g/mol. The molecule has 0 aliphatic heterocycles. The van der Waals surface area contributed by atoms with Gasteiger partial charge in [0.25, 0.3) is 5.91 Å². The van der Waals surface area contributed by atoms with Crippen molar-refractivity contribution in [2.24, 2.45) is 0 Å². The molecule has 0 fully saturated rings. The molecule has 120 valence electrons. The van der Waals surface area contributed by atoms with E-state index in [1.54, 1.807) is 25.3 Å². The average molecular weight is 325 g/mol. The number of thioether (sulfide) groups is 1. The SMILES string of the molecule is CNC(=O)COC(=O)CSCc1cc(C(C)=O)ccc1OC. The Morgan fingerprint density at radius 3 is 2.59 bits per heavy atom. The standard InChI is InChI=1S/C15H19NO5S/c1-10(17)11-4-5-13(20-3)12(6-11)8-22-9-15(19)21-7-14(18)16-2/h4-6H,7-9H2,1-3H3,(H,16,18). The minimum Gasteiger partial charge on any atom is -0.496 e. The summed E-state index contributed by atoms with van der Waals surface area (Å²) < 4.78 is 10.0. The number of Topliss-reactive ketones (excluding diaryl/α,β-unsaturated/α-hetero) is 1. The Labute approximate surface area is 133 Å². The first-order valence-electron chi connectivity index (χ1n) is 6.59. The third-order valence-electron chi connectivity index (χ3n) is 2.81. The molecule has 0 unspecified atom stereocenters. The molecule has 1 aromatic rings.